The summed E-state index contributed by atoms with van der Waals surface area (Å²) in [5, 5.41) is 21.2. The SMILES string of the molecule is CC(C)C[C@@H]1C[C@]2(CC[C@@]3(C(C)C)C[C@@H]23)Oc2c(C=O)c(O)c(C=O)c(O)c21. The maximum absolute atomic E-state index is 11.8. The Balaban J connectivity index is 1.88. The second-order valence-corrected chi connectivity index (χ2v) is 9.85. The number of hydrogen-bond donors (Lipinski definition) is 2. The summed E-state index contributed by atoms with van der Waals surface area (Å²) in [4.78, 5) is 23.3. The molecule has 2 saturated carbocycles. The number of phenols is 2. The molecule has 1 spiro atoms. The van der Waals surface area contributed by atoms with Gasteiger partial charge in [-0.2, -0.15) is 0 Å². The van der Waals surface area contributed by atoms with Crippen molar-refractivity contribution in [3.8, 4) is 17.2 Å². The minimum Gasteiger partial charge on any atom is -0.507 e. The van der Waals surface area contributed by atoms with Crippen LogP contribution >= 0.6 is 0 Å². The van der Waals surface area contributed by atoms with Crippen molar-refractivity contribution in [3.05, 3.63) is 16.7 Å². The molecular weight excluding hydrogens is 356 g/mol. The van der Waals surface area contributed by atoms with Crippen LogP contribution in [-0.2, 0) is 0 Å². The third-order valence-electron chi connectivity index (χ3n) is 7.72. The maximum atomic E-state index is 11.8. The van der Waals surface area contributed by atoms with Crippen LogP contribution in [0.25, 0.3) is 0 Å². The number of aldehydes is 2. The van der Waals surface area contributed by atoms with Crippen molar-refractivity contribution in [1.29, 1.82) is 0 Å². The topological polar surface area (TPSA) is 83.8 Å². The van der Waals surface area contributed by atoms with Gasteiger partial charge in [-0.3, -0.25) is 9.59 Å². The normalized spacial score (nSPS) is 32.9. The zero-order valence-electron chi connectivity index (χ0n) is 17.1. The minimum atomic E-state index is -0.481. The van der Waals surface area contributed by atoms with E-state index in [4.69, 9.17) is 4.74 Å². The highest BCUT2D eigenvalue weighted by Crippen LogP contribution is 2.74. The van der Waals surface area contributed by atoms with Gasteiger partial charge in [0.2, 0.25) is 0 Å². The van der Waals surface area contributed by atoms with Crippen LogP contribution in [0.3, 0.4) is 0 Å². The van der Waals surface area contributed by atoms with Crippen molar-refractivity contribution in [1.82, 2.24) is 0 Å². The Morgan fingerprint density at radius 3 is 2.21 bits per heavy atom. The Kier molecular flexibility index (Phi) is 4.29. The quantitative estimate of drug-likeness (QED) is 0.708. The molecule has 2 aliphatic carbocycles. The zero-order chi connectivity index (χ0) is 20.4. The molecule has 2 fully saturated rings. The molecule has 1 aromatic carbocycles. The van der Waals surface area contributed by atoms with Gasteiger partial charge in [0.1, 0.15) is 22.8 Å². The number of carbonyl (C=O) groups excluding carboxylic acids is 2. The van der Waals surface area contributed by atoms with E-state index in [1.807, 2.05) is 0 Å². The number of ether oxygens (including phenoxy) is 1. The van der Waals surface area contributed by atoms with E-state index in [0.29, 0.717) is 47.1 Å². The van der Waals surface area contributed by atoms with Crippen molar-refractivity contribution in [2.24, 2.45) is 23.2 Å². The fourth-order valence-corrected chi connectivity index (χ4v) is 6.23. The molecular formula is C23H30O5. The highest BCUT2D eigenvalue weighted by atomic mass is 16.5. The summed E-state index contributed by atoms with van der Waals surface area (Å²) >= 11 is 0. The summed E-state index contributed by atoms with van der Waals surface area (Å²) in [6, 6.07) is 0. The second-order valence-electron chi connectivity index (χ2n) is 9.85. The number of benzene rings is 1. The van der Waals surface area contributed by atoms with Gasteiger partial charge in [-0.05, 0) is 55.3 Å². The van der Waals surface area contributed by atoms with E-state index in [-0.39, 0.29) is 28.4 Å². The number of phenolic OH excluding ortho intramolecular Hbond substituents is 2. The summed E-state index contributed by atoms with van der Waals surface area (Å²) in [6.07, 6.45) is 5.74. The van der Waals surface area contributed by atoms with E-state index in [1.165, 1.54) is 0 Å². The van der Waals surface area contributed by atoms with Crippen LogP contribution in [0.1, 0.15) is 92.0 Å². The first-order chi connectivity index (χ1) is 13.2. The lowest BCUT2D eigenvalue weighted by Gasteiger charge is -2.43. The molecule has 152 valence electrons. The molecule has 28 heavy (non-hydrogen) atoms. The Morgan fingerprint density at radius 1 is 1.04 bits per heavy atom. The van der Waals surface area contributed by atoms with Crippen LogP contribution in [0.5, 0.6) is 17.2 Å². The van der Waals surface area contributed by atoms with Crippen molar-refractivity contribution in [2.45, 2.75) is 71.3 Å². The van der Waals surface area contributed by atoms with Crippen LogP contribution in [0.4, 0.5) is 0 Å². The van der Waals surface area contributed by atoms with E-state index < -0.39 is 5.75 Å². The molecule has 5 nitrogen and oxygen atoms in total. The molecule has 4 atom stereocenters. The van der Waals surface area contributed by atoms with E-state index >= 15 is 0 Å². The third kappa shape index (κ3) is 2.44. The lowest BCUT2D eigenvalue weighted by molar-refractivity contribution is 0.0145. The van der Waals surface area contributed by atoms with E-state index in [9.17, 15) is 19.8 Å². The first kappa shape index (κ1) is 19.3. The van der Waals surface area contributed by atoms with Gasteiger partial charge in [-0.25, -0.2) is 0 Å². The maximum Gasteiger partial charge on any atom is 0.157 e. The number of aromatic hydroxyl groups is 2. The van der Waals surface area contributed by atoms with Gasteiger partial charge < -0.3 is 14.9 Å². The van der Waals surface area contributed by atoms with Gasteiger partial charge in [0.05, 0.1) is 11.1 Å². The fourth-order valence-electron chi connectivity index (χ4n) is 6.23. The zero-order valence-corrected chi connectivity index (χ0v) is 17.1. The van der Waals surface area contributed by atoms with Crippen molar-refractivity contribution in [2.75, 3.05) is 0 Å². The monoisotopic (exact) mass is 386 g/mol. The molecule has 1 aliphatic heterocycles. The lowest BCUT2D eigenvalue weighted by atomic mass is 9.75. The molecule has 0 aromatic heterocycles. The molecule has 0 radical (unpaired) electrons. The number of hydrogen-bond acceptors (Lipinski definition) is 5. The summed E-state index contributed by atoms with van der Waals surface area (Å²) in [7, 11) is 0. The second kappa shape index (κ2) is 6.23. The van der Waals surface area contributed by atoms with E-state index in [2.05, 4.69) is 27.7 Å². The predicted octanol–water partition coefficient (Wildman–Crippen LogP) is 4.83. The summed E-state index contributed by atoms with van der Waals surface area (Å²) < 4.78 is 6.54. The summed E-state index contributed by atoms with van der Waals surface area (Å²) in [5.74, 6) is 0.968. The largest absolute Gasteiger partial charge is 0.507 e. The van der Waals surface area contributed by atoms with Crippen LogP contribution < -0.4 is 4.74 Å². The molecule has 0 bridgehead atoms. The Labute approximate surface area is 166 Å². The fraction of sp³-hybridized carbons (Fsp3) is 0.652. The first-order valence-electron chi connectivity index (χ1n) is 10.4. The highest BCUT2D eigenvalue weighted by molar-refractivity contribution is 5.95. The molecule has 1 heterocycles. The minimum absolute atomic E-state index is 0.00886. The smallest absolute Gasteiger partial charge is 0.157 e. The van der Waals surface area contributed by atoms with Crippen LogP contribution in [0.15, 0.2) is 0 Å². The van der Waals surface area contributed by atoms with Gasteiger partial charge in [-0.1, -0.05) is 27.7 Å². The number of rotatable bonds is 5. The lowest BCUT2D eigenvalue weighted by Crippen LogP contribution is -2.42. The average molecular weight is 386 g/mol. The first-order valence-corrected chi connectivity index (χ1v) is 10.4. The van der Waals surface area contributed by atoms with Gasteiger partial charge in [-0.15, -0.1) is 0 Å². The molecule has 0 saturated heterocycles. The van der Waals surface area contributed by atoms with Crippen LogP contribution in [0.2, 0.25) is 0 Å². The Hall–Kier alpha value is -2.04. The highest BCUT2D eigenvalue weighted by Gasteiger charge is 2.71. The Bertz CT molecular complexity index is 842. The van der Waals surface area contributed by atoms with Crippen LogP contribution in [-0.4, -0.2) is 28.4 Å². The van der Waals surface area contributed by atoms with Gasteiger partial charge in [0.15, 0.2) is 12.6 Å². The number of carbonyl (C=O) groups is 2. The van der Waals surface area contributed by atoms with Crippen molar-refractivity contribution in [3.63, 3.8) is 0 Å². The molecule has 3 aliphatic rings. The van der Waals surface area contributed by atoms with E-state index in [0.717, 1.165) is 32.1 Å². The molecule has 5 heteroatoms. The molecule has 1 aromatic rings. The Morgan fingerprint density at radius 2 is 1.71 bits per heavy atom. The van der Waals surface area contributed by atoms with Gasteiger partial charge in [0, 0.05) is 11.5 Å². The van der Waals surface area contributed by atoms with Gasteiger partial charge >= 0.3 is 0 Å². The summed E-state index contributed by atoms with van der Waals surface area (Å²) in [5.41, 5.74) is 0.252. The summed E-state index contributed by atoms with van der Waals surface area (Å²) in [6.45, 7) is 8.80. The van der Waals surface area contributed by atoms with Crippen LogP contribution in [0, 0.1) is 23.2 Å². The third-order valence-corrected chi connectivity index (χ3v) is 7.72. The van der Waals surface area contributed by atoms with Crippen molar-refractivity contribution < 1.29 is 24.5 Å². The standard InChI is InChI=1S/C23H30O5/c1-12(2)7-14-8-23(6-5-22(13(3)4)9-17(22)23)28-21-16(11-25)19(26)15(10-24)20(27)18(14)21/h10-14,17,26-27H,5-9H2,1-4H3/t14-,17-,22+,23+/m1/s1. The molecule has 4 rings (SSSR count). The van der Waals surface area contributed by atoms with E-state index in [1.54, 1.807) is 0 Å². The number of fused-ring (bicyclic) bond motifs is 3. The molecule has 0 amide bonds. The van der Waals surface area contributed by atoms with Gasteiger partial charge in [0.25, 0.3) is 0 Å². The predicted molar refractivity (Wildman–Crippen MR) is 105 cm³/mol. The van der Waals surface area contributed by atoms with Crippen molar-refractivity contribution >= 4 is 12.6 Å². The molecule has 2 N–H and O–H groups in total. The average Bonchev–Trinajstić information content (AvgIpc) is 3.30. The molecule has 0 unspecified atom stereocenters.